The number of imidazole rings is 1. The lowest BCUT2D eigenvalue weighted by molar-refractivity contribution is -0.145. The zero-order chi connectivity index (χ0) is 18.3. The molecule has 0 spiro atoms. The maximum Gasteiger partial charge on any atom is 0.309 e. The predicted molar refractivity (Wildman–Crippen MR) is 91.3 cm³/mol. The van der Waals surface area contributed by atoms with E-state index < -0.39 is 0 Å². The van der Waals surface area contributed by atoms with Crippen LogP contribution in [0.4, 0.5) is 4.39 Å². The van der Waals surface area contributed by atoms with Crippen molar-refractivity contribution in [3.05, 3.63) is 42.1 Å². The average Bonchev–Trinajstić information content (AvgIpc) is 3.06. The van der Waals surface area contributed by atoms with E-state index in [0.29, 0.717) is 30.0 Å². The molecule has 0 radical (unpaired) electrons. The van der Waals surface area contributed by atoms with E-state index >= 15 is 0 Å². The zero-order valence-corrected chi connectivity index (χ0v) is 14.4. The number of aromatic nitrogens is 2. The molecule has 2 aliphatic rings. The van der Waals surface area contributed by atoms with E-state index in [-0.39, 0.29) is 35.6 Å². The summed E-state index contributed by atoms with van der Waals surface area (Å²) in [5, 5.41) is 0. The fraction of sp³-hybridized carbons (Fsp3) is 0.421. The topological polar surface area (TPSA) is 75.3 Å². The second kappa shape index (κ2) is 6.55. The van der Waals surface area contributed by atoms with Gasteiger partial charge in [-0.25, -0.2) is 9.37 Å². The molecule has 2 fully saturated rings. The van der Waals surface area contributed by atoms with Crippen molar-refractivity contribution in [3.8, 4) is 11.3 Å². The molecule has 4 rings (SSSR count). The number of likely N-dealkylation sites (tertiary alicyclic amines) is 1. The lowest BCUT2D eigenvalue weighted by Crippen LogP contribution is -2.33. The van der Waals surface area contributed by atoms with Gasteiger partial charge in [0.25, 0.3) is 0 Å². The number of esters is 1. The number of hydrogen-bond donors (Lipinski definition) is 1. The summed E-state index contributed by atoms with van der Waals surface area (Å²) in [7, 11) is 1.34. The fourth-order valence-electron chi connectivity index (χ4n) is 3.73. The lowest BCUT2D eigenvalue weighted by Gasteiger charge is -2.23. The second-order valence-corrected chi connectivity index (χ2v) is 6.82. The summed E-state index contributed by atoms with van der Waals surface area (Å²) < 4.78 is 18.7. The number of amides is 1. The summed E-state index contributed by atoms with van der Waals surface area (Å²) in [5.41, 5.74) is 1.05. The normalized spacial score (nSPS) is 24.5. The van der Waals surface area contributed by atoms with E-state index in [2.05, 4.69) is 9.97 Å². The highest BCUT2D eigenvalue weighted by Crippen LogP contribution is 2.44. The molecule has 1 saturated carbocycles. The highest BCUT2D eigenvalue weighted by molar-refractivity contribution is 5.90. The Kier molecular flexibility index (Phi) is 4.22. The van der Waals surface area contributed by atoms with Gasteiger partial charge < -0.3 is 14.6 Å². The third kappa shape index (κ3) is 2.87. The smallest absolute Gasteiger partial charge is 0.309 e. The number of aromatic amines is 1. The molecule has 1 saturated heterocycles. The quantitative estimate of drug-likeness (QED) is 0.854. The van der Waals surface area contributed by atoms with E-state index in [1.807, 2.05) is 0 Å². The summed E-state index contributed by atoms with van der Waals surface area (Å²) in [6.45, 7) is 0.642. The van der Waals surface area contributed by atoms with Gasteiger partial charge in [-0.05, 0) is 31.4 Å². The Balaban J connectivity index is 1.52. The summed E-state index contributed by atoms with van der Waals surface area (Å²) in [6, 6.07) is 6.34. The maximum atomic E-state index is 14.0. The van der Waals surface area contributed by atoms with Crippen LogP contribution in [0.2, 0.25) is 0 Å². The second-order valence-electron chi connectivity index (χ2n) is 6.82. The molecule has 1 aliphatic carbocycles. The zero-order valence-electron chi connectivity index (χ0n) is 14.4. The third-order valence-corrected chi connectivity index (χ3v) is 5.22. The molecule has 26 heavy (non-hydrogen) atoms. The Labute approximate surface area is 150 Å². The van der Waals surface area contributed by atoms with Gasteiger partial charge in [0.2, 0.25) is 5.91 Å². The number of carbonyl (C=O) groups is 2. The number of carbonyl (C=O) groups excluding carboxylic acids is 2. The first-order valence-corrected chi connectivity index (χ1v) is 8.78. The molecule has 2 heterocycles. The number of halogens is 1. The van der Waals surface area contributed by atoms with Gasteiger partial charge in [-0.15, -0.1) is 0 Å². The summed E-state index contributed by atoms with van der Waals surface area (Å²) in [5.74, 6) is -0.612. The molecule has 0 bridgehead atoms. The van der Waals surface area contributed by atoms with Crippen LogP contribution in [0.5, 0.6) is 0 Å². The van der Waals surface area contributed by atoms with Crippen molar-refractivity contribution in [2.24, 2.45) is 11.8 Å². The highest BCUT2D eigenvalue weighted by Gasteiger charge is 2.52. The molecule has 0 unspecified atom stereocenters. The van der Waals surface area contributed by atoms with Crippen molar-refractivity contribution in [3.63, 3.8) is 0 Å². The third-order valence-electron chi connectivity index (χ3n) is 5.22. The largest absolute Gasteiger partial charge is 0.469 e. The molecule has 1 aromatic heterocycles. The van der Waals surface area contributed by atoms with Gasteiger partial charge in [-0.1, -0.05) is 12.1 Å². The number of methoxy groups -OCH3 is 1. The van der Waals surface area contributed by atoms with Crippen LogP contribution in [0, 0.1) is 17.7 Å². The molecular weight excluding hydrogens is 337 g/mol. The van der Waals surface area contributed by atoms with E-state index in [1.165, 1.54) is 13.2 Å². The molecular formula is C19H20FN3O3. The molecule has 3 atom stereocenters. The van der Waals surface area contributed by atoms with Crippen molar-refractivity contribution >= 4 is 11.9 Å². The summed E-state index contributed by atoms with van der Waals surface area (Å²) in [6.07, 6.45) is 3.82. The molecule has 136 valence electrons. The molecule has 2 aromatic rings. The SMILES string of the molecule is COC(=O)[C@@H]1C[C@@H]1C(=O)N1CCC[C@@H]1c1ncc(-c2ccccc2F)[nH]1. The first-order valence-electron chi connectivity index (χ1n) is 8.78. The molecule has 1 aromatic carbocycles. The van der Waals surface area contributed by atoms with Gasteiger partial charge in [0, 0.05) is 12.1 Å². The number of H-pyrrole nitrogens is 1. The van der Waals surface area contributed by atoms with Gasteiger partial charge in [-0.3, -0.25) is 9.59 Å². The van der Waals surface area contributed by atoms with Crippen LogP contribution >= 0.6 is 0 Å². The van der Waals surface area contributed by atoms with Crippen LogP contribution in [-0.4, -0.2) is 40.4 Å². The van der Waals surface area contributed by atoms with Crippen molar-refractivity contribution < 1.29 is 18.7 Å². The van der Waals surface area contributed by atoms with E-state index in [1.54, 1.807) is 29.3 Å². The highest BCUT2D eigenvalue weighted by atomic mass is 19.1. The molecule has 1 aliphatic heterocycles. The van der Waals surface area contributed by atoms with Crippen LogP contribution in [0.25, 0.3) is 11.3 Å². The average molecular weight is 357 g/mol. The summed E-state index contributed by atoms with van der Waals surface area (Å²) >= 11 is 0. The molecule has 6 nitrogen and oxygen atoms in total. The van der Waals surface area contributed by atoms with Crippen LogP contribution in [0.1, 0.15) is 31.1 Å². The van der Waals surface area contributed by atoms with Crippen molar-refractivity contribution in [1.82, 2.24) is 14.9 Å². The predicted octanol–water partition coefficient (Wildman–Crippen LogP) is 2.69. The van der Waals surface area contributed by atoms with E-state index in [4.69, 9.17) is 4.74 Å². The van der Waals surface area contributed by atoms with Crippen LogP contribution in [-0.2, 0) is 14.3 Å². The number of nitrogens with one attached hydrogen (secondary N) is 1. The fourth-order valence-corrected chi connectivity index (χ4v) is 3.73. The van der Waals surface area contributed by atoms with E-state index in [9.17, 15) is 14.0 Å². The number of benzene rings is 1. The molecule has 1 amide bonds. The number of rotatable bonds is 4. The Bertz CT molecular complexity index is 850. The number of nitrogens with zero attached hydrogens (tertiary/aromatic N) is 2. The molecule has 1 N–H and O–H groups in total. The van der Waals surface area contributed by atoms with Crippen molar-refractivity contribution in [2.45, 2.75) is 25.3 Å². The molecule has 7 heteroatoms. The Morgan fingerprint density at radius 2 is 2.12 bits per heavy atom. The maximum absolute atomic E-state index is 14.0. The standard InChI is InChI=1S/C19H20FN3O3/c1-26-19(25)13-9-12(13)18(24)23-8-4-7-16(23)17-21-10-15(22-17)11-5-2-3-6-14(11)20/h2-3,5-6,10,12-13,16H,4,7-9H2,1H3,(H,21,22)/t12-,13+,16+/m0/s1. The van der Waals surface area contributed by atoms with Gasteiger partial charge in [0.05, 0.1) is 36.9 Å². The number of ether oxygens (including phenoxy) is 1. The minimum Gasteiger partial charge on any atom is -0.469 e. The Morgan fingerprint density at radius 1 is 1.31 bits per heavy atom. The number of hydrogen-bond acceptors (Lipinski definition) is 4. The first kappa shape index (κ1) is 16.8. The first-order chi connectivity index (χ1) is 12.6. The monoisotopic (exact) mass is 357 g/mol. The lowest BCUT2D eigenvalue weighted by atomic mass is 10.1. The van der Waals surface area contributed by atoms with E-state index in [0.717, 1.165) is 12.8 Å². The van der Waals surface area contributed by atoms with Gasteiger partial charge in [0.15, 0.2) is 0 Å². The van der Waals surface area contributed by atoms with Crippen LogP contribution < -0.4 is 0 Å². The van der Waals surface area contributed by atoms with Crippen LogP contribution in [0.15, 0.2) is 30.5 Å². The minimum absolute atomic E-state index is 0.0215. The minimum atomic E-state index is -0.320. The van der Waals surface area contributed by atoms with Gasteiger partial charge >= 0.3 is 5.97 Å². The van der Waals surface area contributed by atoms with Crippen molar-refractivity contribution in [1.29, 1.82) is 0 Å². The Morgan fingerprint density at radius 3 is 2.88 bits per heavy atom. The summed E-state index contributed by atoms with van der Waals surface area (Å²) in [4.78, 5) is 33.7. The van der Waals surface area contributed by atoms with Crippen molar-refractivity contribution in [2.75, 3.05) is 13.7 Å². The van der Waals surface area contributed by atoms with Gasteiger partial charge in [0.1, 0.15) is 11.6 Å². The van der Waals surface area contributed by atoms with Crippen LogP contribution in [0.3, 0.4) is 0 Å². The van der Waals surface area contributed by atoms with Gasteiger partial charge in [-0.2, -0.15) is 0 Å². The Hall–Kier alpha value is -2.70.